The molecule has 0 radical (unpaired) electrons. The molecule has 0 bridgehead atoms. The van der Waals surface area contributed by atoms with Gasteiger partial charge in [0.05, 0.1) is 17.5 Å². The first-order valence-electron chi connectivity index (χ1n) is 12.9. The fourth-order valence-electron chi connectivity index (χ4n) is 5.37. The van der Waals surface area contributed by atoms with Crippen molar-refractivity contribution in [3.8, 4) is 5.75 Å². The monoisotopic (exact) mass is 620 g/mol. The van der Waals surface area contributed by atoms with E-state index in [4.69, 9.17) is 0 Å². The Balaban J connectivity index is 1.37. The molecule has 210 valence electrons. The quantitative estimate of drug-likeness (QED) is 0.304. The SMILES string of the molecule is O=C(NC(Cc1ccc(O)cc1)C(=O)N1CCC2C1C(=O)CN2C(=O)c1ccc([N+](=O)[O-])cc1)c1cccc(Br)c1. The topological polar surface area (TPSA) is 150 Å². The van der Waals surface area contributed by atoms with Gasteiger partial charge in [-0.25, -0.2) is 0 Å². The Morgan fingerprint density at radius 3 is 2.39 bits per heavy atom. The van der Waals surface area contributed by atoms with Crippen molar-refractivity contribution in [3.63, 3.8) is 0 Å². The second kappa shape index (κ2) is 11.5. The van der Waals surface area contributed by atoms with E-state index in [0.29, 0.717) is 22.0 Å². The summed E-state index contributed by atoms with van der Waals surface area (Å²) in [7, 11) is 0. The maximum Gasteiger partial charge on any atom is 0.269 e. The molecule has 0 saturated carbocycles. The van der Waals surface area contributed by atoms with Crippen molar-refractivity contribution in [1.29, 1.82) is 0 Å². The minimum atomic E-state index is -1.02. The fraction of sp³-hybridized carbons (Fsp3) is 0.241. The molecule has 41 heavy (non-hydrogen) atoms. The number of aromatic hydroxyl groups is 1. The van der Waals surface area contributed by atoms with Gasteiger partial charge < -0.3 is 20.2 Å². The first kappa shape index (κ1) is 28.0. The van der Waals surface area contributed by atoms with E-state index >= 15 is 0 Å². The summed E-state index contributed by atoms with van der Waals surface area (Å²) in [6.07, 6.45) is 0.485. The van der Waals surface area contributed by atoms with Crippen molar-refractivity contribution in [2.75, 3.05) is 13.1 Å². The molecular formula is C29H25BrN4O7. The van der Waals surface area contributed by atoms with Gasteiger partial charge in [-0.1, -0.05) is 34.1 Å². The molecule has 0 aliphatic carbocycles. The molecule has 3 unspecified atom stereocenters. The summed E-state index contributed by atoms with van der Waals surface area (Å²) < 4.78 is 0.697. The number of nitro benzene ring substituents is 1. The fourth-order valence-corrected chi connectivity index (χ4v) is 5.77. The average molecular weight is 621 g/mol. The zero-order valence-corrected chi connectivity index (χ0v) is 23.2. The summed E-state index contributed by atoms with van der Waals surface area (Å²) >= 11 is 3.34. The Kier molecular flexibility index (Phi) is 7.84. The Bertz CT molecular complexity index is 1530. The molecular weight excluding hydrogens is 596 g/mol. The number of carbonyl (C=O) groups is 4. The van der Waals surface area contributed by atoms with Gasteiger partial charge >= 0.3 is 0 Å². The van der Waals surface area contributed by atoms with Gasteiger partial charge in [0.1, 0.15) is 17.8 Å². The highest BCUT2D eigenvalue weighted by Crippen LogP contribution is 2.32. The largest absolute Gasteiger partial charge is 0.508 e. The van der Waals surface area contributed by atoms with Gasteiger partial charge in [0.15, 0.2) is 5.78 Å². The highest BCUT2D eigenvalue weighted by molar-refractivity contribution is 9.10. The number of likely N-dealkylation sites (tertiary alicyclic amines) is 2. The molecule has 2 saturated heterocycles. The van der Waals surface area contributed by atoms with Gasteiger partial charge in [0.2, 0.25) is 5.91 Å². The van der Waals surface area contributed by atoms with Crippen molar-refractivity contribution >= 4 is 45.1 Å². The predicted octanol–water partition coefficient (Wildman–Crippen LogP) is 3.10. The van der Waals surface area contributed by atoms with E-state index in [2.05, 4.69) is 21.2 Å². The molecule has 5 rings (SSSR count). The number of Topliss-reactive ketones (excluding diaryl/α,β-unsaturated/α-hetero) is 1. The van der Waals surface area contributed by atoms with Gasteiger partial charge in [-0.15, -0.1) is 0 Å². The average Bonchev–Trinajstić information content (AvgIpc) is 3.54. The zero-order valence-electron chi connectivity index (χ0n) is 21.6. The second-order valence-corrected chi connectivity index (χ2v) is 10.9. The smallest absolute Gasteiger partial charge is 0.269 e. The Morgan fingerprint density at radius 1 is 1.02 bits per heavy atom. The van der Waals surface area contributed by atoms with E-state index in [1.54, 1.807) is 36.4 Å². The maximum absolute atomic E-state index is 13.9. The molecule has 2 N–H and O–H groups in total. The summed E-state index contributed by atoms with van der Waals surface area (Å²) in [5.41, 5.74) is 1.10. The van der Waals surface area contributed by atoms with Crippen molar-refractivity contribution in [1.82, 2.24) is 15.1 Å². The number of halogens is 1. The molecule has 2 fully saturated rings. The van der Waals surface area contributed by atoms with Crippen LogP contribution in [0.25, 0.3) is 0 Å². The second-order valence-electron chi connectivity index (χ2n) is 9.94. The molecule has 3 aromatic rings. The number of carbonyl (C=O) groups excluding carboxylic acids is 4. The summed E-state index contributed by atoms with van der Waals surface area (Å²) in [5, 5.41) is 23.4. The third kappa shape index (κ3) is 5.82. The molecule has 3 amide bonds. The van der Waals surface area contributed by atoms with E-state index in [-0.39, 0.29) is 42.3 Å². The van der Waals surface area contributed by atoms with Crippen LogP contribution in [0.2, 0.25) is 0 Å². The molecule has 0 spiro atoms. The number of nitrogens with one attached hydrogen (secondary N) is 1. The van der Waals surface area contributed by atoms with Crippen LogP contribution in [0.15, 0.2) is 77.3 Å². The number of phenolic OH excluding ortho intramolecular Hbond substituents is 1. The number of ketones is 1. The number of rotatable bonds is 7. The summed E-state index contributed by atoms with van der Waals surface area (Å²) in [6.45, 7) is 0.0186. The summed E-state index contributed by atoms with van der Waals surface area (Å²) in [6, 6.07) is 15.7. The minimum absolute atomic E-state index is 0.0616. The Morgan fingerprint density at radius 2 is 1.73 bits per heavy atom. The lowest BCUT2D eigenvalue weighted by molar-refractivity contribution is -0.384. The van der Waals surface area contributed by atoms with E-state index in [0.717, 1.165) is 0 Å². The Labute approximate surface area is 243 Å². The van der Waals surface area contributed by atoms with Crippen LogP contribution in [0.3, 0.4) is 0 Å². The summed E-state index contributed by atoms with van der Waals surface area (Å²) in [4.78, 5) is 66.7. The highest BCUT2D eigenvalue weighted by Gasteiger charge is 2.52. The number of non-ortho nitro benzene ring substituents is 1. The van der Waals surface area contributed by atoms with Crippen LogP contribution in [-0.2, 0) is 16.0 Å². The van der Waals surface area contributed by atoms with Crippen LogP contribution < -0.4 is 5.32 Å². The van der Waals surface area contributed by atoms with Gasteiger partial charge in [-0.2, -0.15) is 0 Å². The lowest BCUT2D eigenvalue weighted by atomic mass is 10.0. The predicted molar refractivity (Wildman–Crippen MR) is 150 cm³/mol. The molecule has 2 aliphatic heterocycles. The van der Waals surface area contributed by atoms with Crippen molar-refractivity contribution in [2.24, 2.45) is 0 Å². The number of hydrogen-bond donors (Lipinski definition) is 2. The first-order valence-corrected chi connectivity index (χ1v) is 13.6. The normalized spacial score (nSPS) is 18.6. The van der Waals surface area contributed by atoms with Crippen LogP contribution in [0, 0.1) is 10.1 Å². The molecule has 3 aromatic carbocycles. The molecule has 2 heterocycles. The third-order valence-corrected chi connectivity index (χ3v) is 7.85. The molecule has 0 aromatic heterocycles. The van der Waals surface area contributed by atoms with Crippen LogP contribution in [-0.4, -0.2) is 74.5 Å². The van der Waals surface area contributed by atoms with E-state index < -0.39 is 40.8 Å². The molecule has 2 aliphatic rings. The van der Waals surface area contributed by atoms with E-state index in [1.807, 2.05) is 0 Å². The standard InChI is InChI=1S/C29H25BrN4O7/c30-20-3-1-2-19(15-20)27(37)31-23(14-17-4-10-22(35)11-5-17)29(39)32-13-12-24-26(32)25(36)16-33(24)28(38)18-6-8-21(9-7-18)34(40)41/h1-11,15,23-24,26,35H,12-14,16H2,(H,31,37). The summed E-state index contributed by atoms with van der Waals surface area (Å²) in [5.74, 6) is -1.60. The van der Waals surface area contributed by atoms with Crippen LogP contribution in [0.5, 0.6) is 5.75 Å². The van der Waals surface area contributed by atoms with Crippen molar-refractivity contribution < 1.29 is 29.2 Å². The third-order valence-electron chi connectivity index (χ3n) is 7.36. The van der Waals surface area contributed by atoms with Gasteiger partial charge in [-0.05, 0) is 54.4 Å². The van der Waals surface area contributed by atoms with Crippen LogP contribution >= 0.6 is 15.9 Å². The zero-order chi connectivity index (χ0) is 29.3. The van der Waals surface area contributed by atoms with Gasteiger partial charge in [0.25, 0.3) is 17.5 Å². The number of hydrogen-bond acceptors (Lipinski definition) is 7. The van der Waals surface area contributed by atoms with Crippen molar-refractivity contribution in [2.45, 2.75) is 31.0 Å². The number of nitro groups is 1. The first-order chi connectivity index (χ1) is 19.6. The minimum Gasteiger partial charge on any atom is -0.508 e. The highest BCUT2D eigenvalue weighted by atomic mass is 79.9. The molecule has 11 nitrogen and oxygen atoms in total. The lowest BCUT2D eigenvalue weighted by Crippen LogP contribution is -2.53. The Hall–Kier alpha value is -4.58. The molecule has 3 atom stereocenters. The van der Waals surface area contributed by atoms with Crippen LogP contribution in [0.4, 0.5) is 5.69 Å². The van der Waals surface area contributed by atoms with Crippen molar-refractivity contribution in [3.05, 3.63) is 104 Å². The maximum atomic E-state index is 13.9. The number of nitrogens with zero attached hydrogens (tertiary/aromatic N) is 3. The lowest BCUT2D eigenvalue weighted by Gasteiger charge is -2.28. The number of amides is 3. The van der Waals surface area contributed by atoms with Crippen LogP contribution in [0.1, 0.15) is 32.7 Å². The molecule has 12 heteroatoms. The number of phenols is 1. The van der Waals surface area contributed by atoms with Gasteiger partial charge in [-0.3, -0.25) is 29.3 Å². The van der Waals surface area contributed by atoms with Gasteiger partial charge in [0, 0.05) is 40.7 Å². The van der Waals surface area contributed by atoms with E-state index in [9.17, 15) is 34.4 Å². The number of benzene rings is 3. The number of fused-ring (bicyclic) bond motifs is 1. The van der Waals surface area contributed by atoms with E-state index in [1.165, 1.54) is 46.2 Å².